The number of rotatable bonds is 5. The van der Waals surface area contributed by atoms with Gasteiger partial charge in [0.15, 0.2) is 0 Å². The molecule has 0 saturated carbocycles. The van der Waals surface area contributed by atoms with Gasteiger partial charge in [0.25, 0.3) is 5.91 Å². The summed E-state index contributed by atoms with van der Waals surface area (Å²) in [6.07, 6.45) is 0. The predicted molar refractivity (Wildman–Crippen MR) is 74.5 cm³/mol. The van der Waals surface area contributed by atoms with Crippen molar-refractivity contribution in [3.8, 4) is 0 Å². The van der Waals surface area contributed by atoms with E-state index < -0.39 is 12.0 Å². The van der Waals surface area contributed by atoms with Crippen molar-refractivity contribution in [2.75, 3.05) is 19.0 Å². The lowest BCUT2D eigenvalue weighted by Crippen LogP contribution is -2.44. The van der Waals surface area contributed by atoms with E-state index in [-0.39, 0.29) is 11.8 Å². The van der Waals surface area contributed by atoms with Gasteiger partial charge in [-0.1, -0.05) is 26.0 Å². The summed E-state index contributed by atoms with van der Waals surface area (Å²) in [5, 5.41) is 11.7. The molecular weight excluding hydrogens is 244 g/mol. The monoisotopic (exact) mass is 264 g/mol. The van der Waals surface area contributed by atoms with Gasteiger partial charge in [0.1, 0.15) is 6.04 Å². The lowest BCUT2D eigenvalue weighted by atomic mass is 10.0. The van der Waals surface area contributed by atoms with Gasteiger partial charge in [0, 0.05) is 19.8 Å². The van der Waals surface area contributed by atoms with Crippen LogP contribution in [0.15, 0.2) is 24.3 Å². The van der Waals surface area contributed by atoms with Crippen LogP contribution in [0.5, 0.6) is 0 Å². The van der Waals surface area contributed by atoms with Crippen molar-refractivity contribution in [3.63, 3.8) is 0 Å². The largest absolute Gasteiger partial charge is 0.480 e. The standard InChI is InChI=1S/C14H20N2O3/c1-9(2)12(14(18)19)15-13(17)10-7-5-6-8-11(10)16(3)4/h5-9,12H,1-4H3,(H,15,17)(H,18,19). The molecule has 2 N–H and O–H groups in total. The molecule has 0 fully saturated rings. The Morgan fingerprint density at radius 1 is 1.21 bits per heavy atom. The highest BCUT2D eigenvalue weighted by Crippen LogP contribution is 2.18. The number of nitrogens with zero attached hydrogens (tertiary/aromatic N) is 1. The third kappa shape index (κ3) is 3.71. The molecule has 104 valence electrons. The van der Waals surface area contributed by atoms with E-state index in [1.807, 2.05) is 31.1 Å². The molecule has 1 unspecified atom stereocenters. The van der Waals surface area contributed by atoms with Gasteiger partial charge in [-0.15, -0.1) is 0 Å². The number of carbonyl (C=O) groups is 2. The van der Waals surface area contributed by atoms with Crippen molar-refractivity contribution >= 4 is 17.6 Å². The summed E-state index contributed by atoms with van der Waals surface area (Å²) < 4.78 is 0. The summed E-state index contributed by atoms with van der Waals surface area (Å²) >= 11 is 0. The van der Waals surface area contributed by atoms with E-state index >= 15 is 0 Å². The highest BCUT2D eigenvalue weighted by Gasteiger charge is 2.25. The molecule has 19 heavy (non-hydrogen) atoms. The number of amides is 1. The third-order valence-corrected chi connectivity index (χ3v) is 2.85. The van der Waals surface area contributed by atoms with Gasteiger partial charge in [-0.25, -0.2) is 4.79 Å². The first-order valence-corrected chi connectivity index (χ1v) is 6.14. The van der Waals surface area contributed by atoms with Crippen molar-refractivity contribution in [1.82, 2.24) is 5.32 Å². The molecule has 0 radical (unpaired) electrons. The van der Waals surface area contributed by atoms with Gasteiger partial charge in [-0.2, -0.15) is 0 Å². The van der Waals surface area contributed by atoms with E-state index in [1.165, 1.54) is 0 Å². The molecule has 5 nitrogen and oxygen atoms in total. The number of para-hydroxylation sites is 1. The van der Waals surface area contributed by atoms with Crippen LogP contribution in [-0.2, 0) is 4.79 Å². The van der Waals surface area contributed by atoms with Gasteiger partial charge in [-0.3, -0.25) is 4.79 Å². The van der Waals surface area contributed by atoms with Crippen molar-refractivity contribution in [2.24, 2.45) is 5.92 Å². The number of aliphatic carboxylic acids is 1. The van der Waals surface area contributed by atoms with Crippen LogP contribution in [0.25, 0.3) is 0 Å². The molecule has 5 heteroatoms. The molecule has 1 atom stereocenters. The zero-order chi connectivity index (χ0) is 14.6. The Labute approximate surface area is 113 Å². The number of carboxylic acids is 1. The molecule has 0 aromatic heterocycles. The summed E-state index contributed by atoms with van der Waals surface area (Å²) in [7, 11) is 3.67. The molecule has 1 rings (SSSR count). The SMILES string of the molecule is CC(C)C(NC(=O)c1ccccc1N(C)C)C(=O)O. The van der Waals surface area contributed by atoms with Gasteiger partial charge in [0.2, 0.25) is 0 Å². The normalized spacial score (nSPS) is 12.1. The van der Waals surface area contributed by atoms with E-state index in [1.54, 1.807) is 26.0 Å². The Hall–Kier alpha value is -2.04. The lowest BCUT2D eigenvalue weighted by molar-refractivity contribution is -0.140. The summed E-state index contributed by atoms with van der Waals surface area (Å²) in [5.74, 6) is -1.57. The average molecular weight is 264 g/mol. The maximum Gasteiger partial charge on any atom is 0.326 e. The Morgan fingerprint density at radius 3 is 2.26 bits per heavy atom. The molecule has 1 amide bonds. The zero-order valence-corrected chi connectivity index (χ0v) is 11.7. The van der Waals surface area contributed by atoms with Crippen LogP contribution in [0.2, 0.25) is 0 Å². The summed E-state index contributed by atoms with van der Waals surface area (Å²) in [6.45, 7) is 3.52. The van der Waals surface area contributed by atoms with Crippen LogP contribution >= 0.6 is 0 Å². The Balaban J connectivity index is 2.98. The van der Waals surface area contributed by atoms with Crippen molar-refractivity contribution in [1.29, 1.82) is 0 Å². The minimum Gasteiger partial charge on any atom is -0.480 e. The number of hydrogen-bond acceptors (Lipinski definition) is 3. The fourth-order valence-electron chi connectivity index (χ4n) is 1.79. The smallest absolute Gasteiger partial charge is 0.326 e. The van der Waals surface area contributed by atoms with Crippen LogP contribution in [0.1, 0.15) is 24.2 Å². The zero-order valence-electron chi connectivity index (χ0n) is 11.7. The number of hydrogen-bond donors (Lipinski definition) is 2. The second kappa shape index (κ2) is 6.22. The number of nitrogens with one attached hydrogen (secondary N) is 1. The minimum atomic E-state index is -1.02. The quantitative estimate of drug-likeness (QED) is 0.847. The summed E-state index contributed by atoms with van der Waals surface area (Å²) in [6, 6.07) is 6.21. The Kier molecular flexibility index (Phi) is 4.92. The molecule has 0 spiro atoms. The lowest BCUT2D eigenvalue weighted by Gasteiger charge is -2.21. The van der Waals surface area contributed by atoms with Crippen LogP contribution in [0.3, 0.4) is 0 Å². The molecule has 0 heterocycles. The molecule has 1 aromatic carbocycles. The summed E-state index contributed by atoms with van der Waals surface area (Å²) in [5.41, 5.74) is 1.23. The Bertz CT molecular complexity index is 470. The fraction of sp³-hybridized carbons (Fsp3) is 0.429. The first-order chi connectivity index (χ1) is 8.84. The number of carbonyl (C=O) groups excluding carboxylic acids is 1. The van der Waals surface area contributed by atoms with Gasteiger partial charge in [0.05, 0.1) is 5.56 Å². The fourth-order valence-corrected chi connectivity index (χ4v) is 1.79. The number of benzene rings is 1. The molecule has 0 aliphatic carbocycles. The van der Waals surface area contributed by atoms with Crippen molar-refractivity contribution in [3.05, 3.63) is 29.8 Å². The first-order valence-electron chi connectivity index (χ1n) is 6.14. The van der Waals surface area contributed by atoms with Crippen molar-refractivity contribution in [2.45, 2.75) is 19.9 Å². The van der Waals surface area contributed by atoms with Crippen LogP contribution in [0, 0.1) is 5.92 Å². The molecule has 0 bridgehead atoms. The Morgan fingerprint density at radius 2 is 1.79 bits per heavy atom. The maximum absolute atomic E-state index is 12.2. The van der Waals surface area contributed by atoms with Crippen molar-refractivity contribution < 1.29 is 14.7 Å². The van der Waals surface area contributed by atoms with Crippen LogP contribution in [0.4, 0.5) is 5.69 Å². The van der Waals surface area contributed by atoms with E-state index in [0.29, 0.717) is 5.56 Å². The van der Waals surface area contributed by atoms with Gasteiger partial charge >= 0.3 is 5.97 Å². The number of anilines is 1. The van der Waals surface area contributed by atoms with Crippen LogP contribution < -0.4 is 10.2 Å². The molecule has 1 aromatic rings. The van der Waals surface area contributed by atoms with E-state index in [4.69, 9.17) is 5.11 Å². The average Bonchev–Trinajstić information content (AvgIpc) is 2.34. The van der Waals surface area contributed by atoms with E-state index in [2.05, 4.69) is 5.32 Å². The van der Waals surface area contributed by atoms with E-state index in [0.717, 1.165) is 5.69 Å². The first kappa shape index (κ1) is 15.0. The highest BCUT2D eigenvalue weighted by atomic mass is 16.4. The second-order valence-electron chi connectivity index (χ2n) is 4.94. The van der Waals surface area contributed by atoms with Crippen LogP contribution in [-0.4, -0.2) is 37.1 Å². The summed E-state index contributed by atoms with van der Waals surface area (Å²) in [4.78, 5) is 25.1. The maximum atomic E-state index is 12.2. The third-order valence-electron chi connectivity index (χ3n) is 2.85. The topological polar surface area (TPSA) is 69.6 Å². The van der Waals surface area contributed by atoms with Gasteiger partial charge in [-0.05, 0) is 18.1 Å². The minimum absolute atomic E-state index is 0.173. The molecule has 0 saturated heterocycles. The molecule has 0 aliphatic rings. The van der Waals surface area contributed by atoms with E-state index in [9.17, 15) is 9.59 Å². The molecule has 0 aliphatic heterocycles. The molecular formula is C14H20N2O3. The predicted octanol–water partition coefficient (Wildman–Crippen LogP) is 1.59. The number of carboxylic acid groups (broad SMARTS) is 1. The highest BCUT2D eigenvalue weighted by molar-refractivity contribution is 6.01. The van der Waals surface area contributed by atoms with Gasteiger partial charge < -0.3 is 15.3 Å². The second-order valence-corrected chi connectivity index (χ2v) is 4.94.